The highest BCUT2D eigenvalue weighted by molar-refractivity contribution is 5.93. The molecule has 0 aliphatic rings. The lowest BCUT2D eigenvalue weighted by atomic mass is 10.2. The quantitative estimate of drug-likeness (QED) is 0.691. The minimum atomic E-state index is -0.335. The molecule has 3 N–H and O–H groups in total. The normalized spacial score (nSPS) is 10.3. The number of nitriles is 1. The van der Waals surface area contributed by atoms with Crippen LogP contribution in [0, 0.1) is 25.2 Å². The van der Waals surface area contributed by atoms with Crippen LogP contribution >= 0.6 is 0 Å². The van der Waals surface area contributed by atoms with E-state index in [1.165, 1.54) is 7.05 Å². The molecule has 0 saturated heterocycles. The van der Waals surface area contributed by atoms with Crippen LogP contribution in [-0.2, 0) is 16.1 Å². The fraction of sp³-hybridized carbons (Fsp3) is 0.353. The lowest BCUT2D eigenvalue weighted by Crippen LogP contribution is -2.36. The van der Waals surface area contributed by atoms with Crippen molar-refractivity contribution >= 4 is 17.6 Å². The lowest BCUT2D eigenvalue weighted by molar-refractivity contribution is -0.120. The summed E-state index contributed by atoms with van der Waals surface area (Å²) in [6, 6.07) is 5.76. The molecule has 0 bridgehead atoms. The Morgan fingerprint density at radius 1 is 1.28 bits per heavy atom. The Kier molecular flexibility index (Phi) is 5.98. The van der Waals surface area contributed by atoms with Gasteiger partial charge in [0.2, 0.25) is 11.8 Å². The maximum Gasteiger partial charge on any atom is 0.239 e. The van der Waals surface area contributed by atoms with E-state index in [0.29, 0.717) is 17.9 Å². The number of amides is 2. The average molecular weight is 343 g/mol. The Morgan fingerprint density at radius 3 is 2.60 bits per heavy atom. The van der Waals surface area contributed by atoms with Crippen LogP contribution in [0.5, 0.6) is 0 Å². The molecule has 8 nitrogen and oxygen atoms in total. The maximum atomic E-state index is 12.2. The predicted molar refractivity (Wildman–Crippen MR) is 92.0 cm³/mol. The second kappa shape index (κ2) is 8.17. The van der Waals surface area contributed by atoms with Gasteiger partial charge in [-0.1, -0.05) is 0 Å². The van der Waals surface area contributed by atoms with Crippen LogP contribution in [0.2, 0.25) is 0 Å². The highest BCUT2D eigenvalue weighted by atomic mass is 16.3. The van der Waals surface area contributed by atoms with Gasteiger partial charge in [-0.25, -0.2) is 0 Å². The van der Waals surface area contributed by atoms with Gasteiger partial charge in [0.25, 0.3) is 0 Å². The van der Waals surface area contributed by atoms with Gasteiger partial charge in [-0.05, 0) is 31.5 Å². The van der Waals surface area contributed by atoms with Crippen molar-refractivity contribution in [3.63, 3.8) is 0 Å². The Balaban J connectivity index is 2.18. The van der Waals surface area contributed by atoms with Gasteiger partial charge >= 0.3 is 0 Å². The smallest absolute Gasteiger partial charge is 0.239 e. The summed E-state index contributed by atoms with van der Waals surface area (Å²) in [6.07, 6.45) is 1.58. The number of anilines is 1. The monoisotopic (exact) mass is 343 g/mol. The molecule has 0 aromatic carbocycles. The minimum absolute atomic E-state index is 0.0394. The first-order valence-corrected chi connectivity index (χ1v) is 7.81. The van der Waals surface area contributed by atoms with Gasteiger partial charge in [0.15, 0.2) is 0 Å². The van der Waals surface area contributed by atoms with Crippen molar-refractivity contribution in [2.24, 2.45) is 0 Å². The highest BCUT2D eigenvalue weighted by Gasteiger charge is 2.20. The third kappa shape index (κ3) is 4.28. The van der Waals surface area contributed by atoms with Gasteiger partial charge in [0.1, 0.15) is 17.6 Å². The van der Waals surface area contributed by atoms with E-state index < -0.39 is 0 Å². The van der Waals surface area contributed by atoms with Crippen LogP contribution in [0.25, 0.3) is 0 Å². The summed E-state index contributed by atoms with van der Waals surface area (Å²) < 4.78 is 7.20. The molecule has 2 heterocycles. The van der Waals surface area contributed by atoms with Crippen molar-refractivity contribution in [2.75, 3.05) is 25.5 Å². The standard InChI is InChI=1S/C17H21N5O3/c1-11-12(2)22(10-13-5-4-6-25-13)17(14(11)7-18)21-16(24)9-20-8-15(23)19-3/h4-6,20H,8-10H2,1-3H3,(H,19,23)(H,21,24). The Bertz CT molecular complexity index is 799. The van der Waals surface area contributed by atoms with Crippen LogP contribution in [0.4, 0.5) is 5.82 Å². The number of aromatic nitrogens is 1. The molecule has 8 heteroatoms. The topological polar surface area (TPSA) is 112 Å². The van der Waals surface area contributed by atoms with E-state index in [9.17, 15) is 14.9 Å². The van der Waals surface area contributed by atoms with Gasteiger partial charge in [-0.2, -0.15) is 5.26 Å². The van der Waals surface area contributed by atoms with E-state index in [2.05, 4.69) is 22.0 Å². The molecule has 0 spiro atoms. The molecular weight excluding hydrogens is 322 g/mol. The Morgan fingerprint density at radius 2 is 2.00 bits per heavy atom. The van der Waals surface area contributed by atoms with Gasteiger partial charge in [-0.3, -0.25) is 14.9 Å². The molecular formula is C17H21N5O3. The minimum Gasteiger partial charge on any atom is -0.467 e. The van der Waals surface area contributed by atoms with Crippen LogP contribution in [0.15, 0.2) is 22.8 Å². The summed E-state index contributed by atoms with van der Waals surface area (Å²) in [4.78, 5) is 23.3. The molecule has 2 aromatic heterocycles. The summed E-state index contributed by atoms with van der Waals surface area (Å²) >= 11 is 0. The molecule has 0 unspecified atom stereocenters. The molecule has 2 amide bonds. The Labute approximate surface area is 145 Å². The molecule has 132 valence electrons. The third-order valence-corrected chi connectivity index (χ3v) is 3.94. The van der Waals surface area contributed by atoms with E-state index >= 15 is 0 Å². The van der Waals surface area contributed by atoms with E-state index in [4.69, 9.17) is 4.42 Å². The molecule has 2 aromatic rings. The summed E-state index contributed by atoms with van der Waals surface area (Å²) in [5.74, 6) is 0.605. The van der Waals surface area contributed by atoms with Crippen molar-refractivity contribution in [3.05, 3.63) is 41.0 Å². The van der Waals surface area contributed by atoms with Gasteiger partial charge in [-0.15, -0.1) is 0 Å². The highest BCUT2D eigenvalue weighted by Crippen LogP contribution is 2.27. The molecule has 0 aliphatic heterocycles. The summed E-state index contributed by atoms with van der Waals surface area (Å²) in [5, 5.41) is 17.4. The first-order chi connectivity index (χ1) is 12.0. The molecule has 25 heavy (non-hydrogen) atoms. The third-order valence-electron chi connectivity index (χ3n) is 3.94. The molecule has 0 saturated carbocycles. The number of hydrogen-bond acceptors (Lipinski definition) is 5. The van der Waals surface area contributed by atoms with Gasteiger partial charge in [0.05, 0.1) is 31.5 Å². The maximum absolute atomic E-state index is 12.2. The number of carbonyl (C=O) groups excluding carboxylic acids is 2. The van der Waals surface area contributed by atoms with E-state index in [1.807, 2.05) is 24.5 Å². The number of furan rings is 1. The van der Waals surface area contributed by atoms with E-state index in [0.717, 1.165) is 17.0 Å². The fourth-order valence-corrected chi connectivity index (χ4v) is 2.44. The van der Waals surface area contributed by atoms with Crippen LogP contribution in [-0.4, -0.2) is 36.5 Å². The number of carbonyl (C=O) groups is 2. The number of nitrogens with one attached hydrogen (secondary N) is 3. The Hall–Kier alpha value is -3.05. The van der Waals surface area contributed by atoms with Crippen molar-refractivity contribution in [1.29, 1.82) is 5.26 Å². The summed E-state index contributed by atoms with van der Waals surface area (Å²) in [6.45, 7) is 4.13. The number of rotatable bonds is 7. The van der Waals surface area contributed by atoms with E-state index in [-0.39, 0.29) is 24.9 Å². The molecule has 2 rings (SSSR count). The molecule has 0 radical (unpaired) electrons. The second-order valence-electron chi connectivity index (χ2n) is 5.54. The zero-order valence-corrected chi connectivity index (χ0v) is 14.5. The van der Waals surface area contributed by atoms with Crippen molar-refractivity contribution in [2.45, 2.75) is 20.4 Å². The number of hydrogen-bond donors (Lipinski definition) is 3. The molecule has 0 fully saturated rings. The SMILES string of the molecule is CNC(=O)CNCC(=O)Nc1c(C#N)c(C)c(C)n1Cc1ccco1. The van der Waals surface area contributed by atoms with Crippen LogP contribution in [0.3, 0.4) is 0 Å². The van der Waals surface area contributed by atoms with Crippen molar-refractivity contribution in [1.82, 2.24) is 15.2 Å². The van der Waals surface area contributed by atoms with E-state index in [1.54, 1.807) is 12.3 Å². The van der Waals surface area contributed by atoms with Crippen molar-refractivity contribution in [3.8, 4) is 6.07 Å². The first kappa shape index (κ1) is 18.3. The summed E-state index contributed by atoms with van der Waals surface area (Å²) in [7, 11) is 1.52. The number of nitrogens with zero attached hydrogens (tertiary/aromatic N) is 2. The fourth-order valence-electron chi connectivity index (χ4n) is 2.44. The number of likely N-dealkylation sites (N-methyl/N-ethyl adjacent to an activating group) is 1. The first-order valence-electron chi connectivity index (χ1n) is 7.81. The summed E-state index contributed by atoms with van der Waals surface area (Å²) in [5.41, 5.74) is 2.10. The van der Waals surface area contributed by atoms with Crippen LogP contribution in [0.1, 0.15) is 22.6 Å². The zero-order valence-electron chi connectivity index (χ0n) is 14.5. The molecule has 0 aliphatic carbocycles. The lowest BCUT2D eigenvalue weighted by Gasteiger charge is -2.12. The van der Waals surface area contributed by atoms with Crippen molar-refractivity contribution < 1.29 is 14.0 Å². The van der Waals surface area contributed by atoms with Gasteiger partial charge < -0.3 is 19.6 Å². The largest absolute Gasteiger partial charge is 0.467 e. The van der Waals surface area contributed by atoms with Crippen LogP contribution < -0.4 is 16.0 Å². The zero-order chi connectivity index (χ0) is 18.4. The molecule has 0 atom stereocenters. The average Bonchev–Trinajstić information content (AvgIpc) is 3.18. The predicted octanol–water partition coefficient (Wildman–Crippen LogP) is 0.892. The van der Waals surface area contributed by atoms with Gasteiger partial charge in [0, 0.05) is 12.7 Å². The second-order valence-corrected chi connectivity index (χ2v) is 5.54.